The zero-order chi connectivity index (χ0) is 11.2. The lowest BCUT2D eigenvalue weighted by molar-refractivity contribution is -0.120. The Morgan fingerprint density at radius 2 is 2.07 bits per heavy atom. The van der Waals surface area contributed by atoms with Crippen LogP contribution in [0.25, 0.3) is 0 Å². The predicted octanol–water partition coefficient (Wildman–Crippen LogP) is -1.70. The molecule has 0 rings (SSSR count). The largest absolute Gasteiger partial charge is 0.368 e. The molecule has 7 N–H and O–H groups in total. The minimum atomic E-state index is -4.14. The second-order valence-electron chi connectivity index (χ2n) is 2.91. The third kappa shape index (κ3) is 6.99. The van der Waals surface area contributed by atoms with Crippen LogP contribution in [0.3, 0.4) is 0 Å². The fourth-order valence-corrected chi connectivity index (χ4v) is 1.35. The Hall–Kier alpha value is -0.460. The third-order valence-corrected chi connectivity index (χ3v) is 2.18. The van der Waals surface area contributed by atoms with Crippen LogP contribution < -0.4 is 16.8 Å². The van der Waals surface area contributed by atoms with Crippen LogP contribution in [0.15, 0.2) is 0 Å². The van der Waals surface area contributed by atoms with Crippen LogP contribution in [0.4, 0.5) is 0 Å². The van der Waals surface area contributed by atoms with Crippen molar-refractivity contribution in [2.75, 3.05) is 12.8 Å². The van der Waals surface area contributed by atoms with Crippen molar-refractivity contribution in [1.82, 2.24) is 5.32 Å². The highest BCUT2D eigenvalue weighted by Gasteiger charge is 2.19. The van der Waals surface area contributed by atoms with E-state index in [4.69, 9.17) is 21.3 Å². The van der Waals surface area contributed by atoms with Gasteiger partial charge >= 0.3 is 7.60 Å². The van der Waals surface area contributed by atoms with Crippen LogP contribution in [-0.4, -0.2) is 34.6 Å². The van der Waals surface area contributed by atoms with Gasteiger partial charge in [0.15, 0.2) is 0 Å². The molecule has 0 spiro atoms. The smallest absolute Gasteiger partial charge is 0.339 e. The van der Waals surface area contributed by atoms with Crippen LogP contribution in [-0.2, 0) is 9.36 Å². The van der Waals surface area contributed by atoms with Gasteiger partial charge in [-0.15, -0.1) is 0 Å². The Morgan fingerprint density at radius 3 is 2.43 bits per heavy atom. The van der Waals surface area contributed by atoms with Gasteiger partial charge in [-0.2, -0.15) is 0 Å². The van der Waals surface area contributed by atoms with Crippen molar-refractivity contribution in [3.05, 3.63) is 0 Å². The highest BCUT2D eigenvalue weighted by Crippen LogP contribution is 2.32. The first-order valence-electron chi connectivity index (χ1n) is 4.14. The summed E-state index contributed by atoms with van der Waals surface area (Å²) in [5, 5.41) is 2.40. The van der Waals surface area contributed by atoms with E-state index in [0.717, 1.165) is 0 Å². The summed E-state index contributed by atoms with van der Waals surface area (Å²) in [6.45, 7) is 0.404. The highest BCUT2D eigenvalue weighted by atomic mass is 31.2. The molecule has 0 aliphatic carbocycles. The molecular weight excluding hydrogens is 209 g/mol. The number of primary amides is 1. The molecule has 1 atom stereocenters. The van der Waals surface area contributed by atoms with Crippen LogP contribution in [0.1, 0.15) is 12.8 Å². The Morgan fingerprint density at radius 1 is 1.50 bits per heavy atom. The first-order chi connectivity index (χ1) is 6.37. The molecule has 14 heavy (non-hydrogen) atoms. The SMILES string of the molecule is NCCC[C@H](NCP(=O)(O)O)C(N)=O. The molecule has 7 nitrogen and oxygen atoms in total. The van der Waals surface area contributed by atoms with Crippen LogP contribution in [0.2, 0.25) is 0 Å². The maximum absolute atomic E-state index is 10.8. The van der Waals surface area contributed by atoms with Crippen molar-refractivity contribution in [2.45, 2.75) is 18.9 Å². The number of hydrogen-bond donors (Lipinski definition) is 5. The van der Waals surface area contributed by atoms with Crippen molar-refractivity contribution in [3.63, 3.8) is 0 Å². The lowest BCUT2D eigenvalue weighted by Gasteiger charge is -2.15. The molecule has 1 amide bonds. The Kier molecular flexibility index (Phi) is 5.90. The van der Waals surface area contributed by atoms with E-state index in [1.54, 1.807) is 0 Å². The van der Waals surface area contributed by atoms with E-state index < -0.39 is 25.8 Å². The molecule has 0 aliphatic rings. The number of amides is 1. The summed E-state index contributed by atoms with van der Waals surface area (Å²) in [6, 6.07) is -0.730. The predicted molar refractivity (Wildman–Crippen MR) is 51.3 cm³/mol. The van der Waals surface area contributed by atoms with Gasteiger partial charge in [-0.05, 0) is 19.4 Å². The van der Waals surface area contributed by atoms with E-state index in [1.165, 1.54) is 0 Å². The molecular formula is C6H16N3O4P. The van der Waals surface area contributed by atoms with Crippen molar-refractivity contribution < 1.29 is 19.1 Å². The molecule has 0 aliphatic heterocycles. The minimum Gasteiger partial charge on any atom is -0.368 e. The number of nitrogens with two attached hydrogens (primary N) is 2. The summed E-state index contributed by atoms with van der Waals surface area (Å²) in [5.74, 6) is -0.632. The highest BCUT2D eigenvalue weighted by molar-refractivity contribution is 7.51. The van der Waals surface area contributed by atoms with Gasteiger partial charge in [-0.1, -0.05) is 0 Å². The maximum Gasteiger partial charge on any atom is 0.339 e. The second-order valence-corrected chi connectivity index (χ2v) is 4.56. The van der Waals surface area contributed by atoms with Gasteiger partial charge in [-0.25, -0.2) is 0 Å². The molecule has 0 bridgehead atoms. The zero-order valence-electron chi connectivity index (χ0n) is 7.72. The standard InChI is InChI=1S/C6H16N3O4P/c7-3-1-2-5(6(8)10)9-4-14(11,12)13/h5,9H,1-4,7H2,(H2,8,10)(H2,11,12,13)/t5-/m0/s1. The fraction of sp³-hybridized carbons (Fsp3) is 0.833. The van der Waals surface area contributed by atoms with Crippen molar-refractivity contribution in [1.29, 1.82) is 0 Å². The Bertz CT molecular complexity index is 229. The maximum atomic E-state index is 10.8. The molecule has 84 valence electrons. The molecule has 8 heteroatoms. The quantitative estimate of drug-likeness (QED) is 0.327. The number of carbonyl (C=O) groups excluding carboxylic acids is 1. The summed E-state index contributed by atoms with van der Waals surface area (Å²) in [7, 11) is -4.14. The summed E-state index contributed by atoms with van der Waals surface area (Å²) in [4.78, 5) is 27.9. The monoisotopic (exact) mass is 225 g/mol. The van der Waals surface area contributed by atoms with E-state index in [-0.39, 0.29) is 0 Å². The molecule has 0 aromatic heterocycles. The van der Waals surface area contributed by atoms with Crippen molar-refractivity contribution in [2.24, 2.45) is 11.5 Å². The molecule has 0 aromatic rings. The second kappa shape index (κ2) is 6.10. The topological polar surface area (TPSA) is 139 Å². The van der Waals surface area contributed by atoms with Gasteiger partial charge in [-0.3, -0.25) is 14.7 Å². The van der Waals surface area contributed by atoms with Crippen molar-refractivity contribution >= 4 is 13.5 Å². The fourth-order valence-electron chi connectivity index (χ4n) is 0.896. The lowest BCUT2D eigenvalue weighted by Crippen LogP contribution is -2.41. The molecule has 0 aromatic carbocycles. The average molecular weight is 225 g/mol. The summed E-state index contributed by atoms with van der Waals surface area (Å²) < 4.78 is 10.5. The molecule has 0 fully saturated rings. The lowest BCUT2D eigenvalue weighted by atomic mass is 10.1. The van der Waals surface area contributed by atoms with E-state index in [1.807, 2.05) is 0 Å². The van der Waals surface area contributed by atoms with E-state index in [2.05, 4.69) is 5.32 Å². The van der Waals surface area contributed by atoms with Gasteiger partial charge in [0, 0.05) is 0 Å². The molecule has 0 radical (unpaired) electrons. The Labute approximate surface area is 82.0 Å². The molecule has 0 saturated carbocycles. The van der Waals surface area contributed by atoms with Gasteiger partial charge in [0.1, 0.15) is 0 Å². The summed E-state index contributed by atoms with van der Waals surface area (Å²) in [6.07, 6.45) is 0.402. The van der Waals surface area contributed by atoms with Gasteiger partial charge < -0.3 is 21.3 Å². The Balaban J connectivity index is 3.98. The first-order valence-corrected chi connectivity index (χ1v) is 5.94. The van der Waals surface area contributed by atoms with Crippen molar-refractivity contribution in [3.8, 4) is 0 Å². The van der Waals surface area contributed by atoms with E-state index in [0.29, 0.717) is 19.4 Å². The van der Waals surface area contributed by atoms with Gasteiger partial charge in [0.2, 0.25) is 5.91 Å². The number of nitrogens with one attached hydrogen (secondary N) is 1. The number of hydrogen-bond acceptors (Lipinski definition) is 4. The normalized spacial score (nSPS) is 13.9. The number of rotatable bonds is 7. The van der Waals surface area contributed by atoms with E-state index >= 15 is 0 Å². The zero-order valence-corrected chi connectivity index (χ0v) is 8.61. The first kappa shape index (κ1) is 13.5. The van der Waals surface area contributed by atoms with Gasteiger partial charge in [0.05, 0.1) is 12.3 Å². The molecule has 0 heterocycles. The minimum absolute atomic E-state index is 0.381. The average Bonchev–Trinajstić information content (AvgIpc) is 2.01. The van der Waals surface area contributed by atoms with Crippen LogP contribution in [0.5, 0.6) is 0 Å². The number of carbonyl (C=O) groups is 1. The van der Waals surface area contributed by atoms with Gasteiger partial charge in [0.25, 0.3) is 0 Å². The third-order valence-electron chi connectivity index (χ3n) is 1.58. The van der Waals surface area contributed by atoms with E-state index in [9.17, 15) is 9.36 Å². The molecule has 0 saturated heterocycles. The van der Waals surface area contributed by atoms with Crippen LogP contribution >= 0.6 is 7.60 Å². The summed E-state index contributed by atoms with van der Waals surface area (Å²) >= 11 is 0. The van der Waals surface area contributed by atoms with Crippen LogP contribution in [0, 0.1) is 0 Å². The molecule has 0 unspecified atom stereocenters. The summed E-state index contributed by atoms with van der Waals surface area (Å²) in [5.41, 5.74) is 10.2.